The summed E-state index contributed by atoms with van der Waals surface area (Å²) in [6.45, 7) is 1.95. The zero-order valence-electron chi connectivity index (χ0n) is 6.35. The van der Waals surface area contributed by atoms with E-state index in [-0.39, 0.29) is 0 Å². The number of likely N-dealkylation sites (N-methyl/N-ethyl adjacent to an activating group) is 1. The molecule has 2 unspecified atom stereocenters. The second-order valence-electron chi connectivity index (χ2n) is 2.98. The lowest BCUT2D eigenvalue weighted by Gasteiger charge is -2.23. The van der Waals surface area contributed by atoms with Crippen LogP contribution in [0.5, 0.6) is 0 Å². The fraction of sp³-hybridized carbons (Fsp3) is 1.00. The Bertz CT molecular complexity index is 71.8. The van der Waals surface area contributed by atoms with E-state index < -0.39 is 0 Å². The van der Waals surface area contributed by atoms with E-state index in [2.05, 4.69) is 30.1 Å². The summed E-state index contributed by atoms with van der Waals surface area (Å²) in [5.41, 5.74) is 0. The lowest BCUT2D eigenvalue weighted by atomic mass is 10.5. The molecular weight excluding hydrogens is 152 g/mol. The normalized spacial score (nSPS) is 13.3. The molecule has 0 saturated heterocycles. The predicted octanol–water partition coefficient (Wildman–Crippen LogP) is 1.09. The smallest absolute Gasteiger partial charge is 0.102 e. The van der Waals surface area contributed by atoms with E-state index in [0.29, 0.717) is 8.50 Å². The van der Waals surface area contributed by atoms with Crippen molar-refractivity contribution in [2.24, 2.45) is 0 Å². The highest BCUT2D eigenvalue weighted by Crippen LogP contribution is 2.20. The van der Waals surface area contributed by atoms with E-state index in [1.54, 1.807) is 0 Å². The summed E-state index contributed by atoms with van der Waals surface area (Å²) in [7, 11) is 9.61. The molecule has 2 atom stereocenters. The molecule has 0 amide bonds. The standard InChI is InChI=1S/C5H16NOP2/c1-6(2,3)4-5-7-9-8/h9H,4-5,8H2,1-3H3/q+1. The van der Waals surface area contributed by atoms with Crippen LogP contribution in [-0.2, 0) is 4.52 Å². The largest absolute Gasteiger partial charge is 0.353 e. The monoisotopic (exact) mass is 168 g/mol. The van der Waals surface area contributed by atoms with Crippen LogP contribution in [0.15, 0.2) is 0 Å². The van der Waals surface area contributed by atoms with Gasteiger partial charge in [-0.05, 0) is 0 Å². The van der Waals surface area contributed by atoms with E-state index in [4.69, 9.17) is 4.52 Å². The van der Waals surface area contributed by atoms with Crippen LogP contribution < -0.4 is 0 Å². The molecule has 56 valence electrons. The highest BCUT2D eigenvalue weighted by molar-refractivity contribution is 8.00. The first-order chi connectivity index (χ1) is 4.06. The third-order valence-electron chi connectivity index (χ3n) is 0.948. The van der Waals surface area contributed by atoms with Crippen molar-refractivity contribution in [1.29, 1.82) is 0 Å². The SMILES string of the molecule is C[N+](C)(C)CCOPP. The minimum Gasteiger partial charge on any atom is -0.353 e. The molecule has 0 N–H and O–H groups in total. The topological polar surface area (TPSA) is 9.23 Å². The summed E-state index contributed by atoms with van der Waals surface area (Å²) in [4.78, 5) is 0. The molecule has 4 heteroatoms. The number of hydrogen-bond acceptors (Lipinski definition) is 1. The van der Waals surface area contributed by atoms with E-state index in [1.165, 1.54) is 0 Å². The van der Waals surface area contributed by atoms with Gasteiger partial charge in [-0.3, -0.25) is 0 Å². The van der Waals surface area contributed by atoms with Gasteiger partial charge in [-0.25, -0.2) is 0 Å². The molecule has 0 aliphatic heterocycles. The van der Waals surface area contributed by atoms with Crippen LogP contribution in [0.2, 0.25) is 0 Å². The minimum absolute atomic E-state index is 0.550. The highest BCUT2D eigenvalue weighted by atomic mass is 32.0. The minimum atomic E-state index is 0.550. The van der Waals surface area contributed by atoms with Gasteiger partial charge in [-0.1, -0.05) is 8.93 Å². The van der Waals surface area contributed by atoms with Gasteiger partial charge in [0.05, 0.1) is 21.1 Å². The third-order valence-corrected chi connectivity index (χ3v) is 1.82. The van der Waals surface area contributed by atoms with Crippen molar-refractivity contribution in [3.8, 4) is 0 Å². The van der Waals surface area contributed by atoms with Gasteiger partial charge in [0.2, 0.25) is 0 Å². The Kier molecular flexibility index (Phi) is 4.97. The zero-order chi connectivity index (χ0) is 7.33. The van der Waals surface area contributed by atoms with Crippen molar-refractivity contribution in [2.75, 3.05) is 34.3 Å². The van der Waals surface area contributed by atoms with Crippen molar-refractivity contribution in [3.05, 3.63) is 0 Å². The zero-order valence-corrected chi connectivity index (χ0v) is 8.50. The van der Waals surface area contributed by atoms with Crippen molar-refractivity contribution in [3.63, 3.8) is 0 Å². The van der Waals surface area contributed by atoms with Gasteiger partial charge in [0.1, 0.15) is 13.2 Å². The molecule has 0 fully saturated rings. The molecule has 0 heterocycles. The van der Waals surface area contributed by atoms with Crippen LogP contribution in [0, 0.1) is 0 Å². The molecular formula is C5H16NOP2+. The number of hydrogen-bond donors (Lipinski definition) is 0. The van der Waals surface area contributed by atoms with Gasteiger partial charge in [-0.2, -0.15) is 0 Å². The maximum absolute atomic E-state index is 5.18. The summed E-state index contributed by atoms with van der Waals surface area (Å²) in [6, 6.07) is 0. The molecule has 0 radical (unpaired) electrons. The molecule has 2 nitrogen and oxygen atoms in total. The van der Waals surface area contributed by atoms with Crippen LogP contribution in [0.25, 0.3) is 0 Å². The first-order valence-electron chi connectivity index (χ1n) is 2.94. The molecule has 0 aromatic rings. The molecule has 0 saturated carbocycles. The maximum atomic E-state index is 5.18. The number of rotatable bonds is 4. The first-order valence-corrected chi connectivity index (χ1v) is 5.66. The molecule has 9 heavy (non-hydrogen) atoms. The second kappa shape index (κ2) is 4.57. The van der Waals surface area contributed by atoms with Gasteiger partial charge in [0.15, 0.2) is 0 Å². The molecule has 0 aromatic heterocycles. The van der Waals surface area contributed by atoms with Gasteiger partial charge >= 0.3 is 0 Å². The van der Waals surface area contributed by atoms with Crippen LogP contribution >= 0.6 is 17.4 Å². The van der Waals surface area contributed by atoms with E-state index >= 15 is 0 Å². The Morgan fingerprint density at radius 1 is 1.44 bits per heavy atom. The van der Waals surface area contributed by atoms with Gasteiger partial charge in [0.25, 0.3) is 0 Å². The van der Waals surface area contributed by atoms with Crippen molar-refractivity contribution < 1.29 is 9.01 Å². The summed E-state index contributed by atoms with van der Waals surface area (Å²) in [5.74, 6) is 0. The van der Waals surface area contributed by atoms with Gasteiger partial charge < -0.3 is 9.01 Å². The fourth-order valence-electron chi connectivity index (χ4n) is 0.378. The Morgan fingerprint density at radius 2 is 2.00 bits per heavy atom. The lowest BCUT2D eigenvalue weighted by Crippen LogP contribution is -2.37. The van der Waals surface area contributed by atoms with E-state index in [9.17, 15) is 0 Å². The average Bonchev–Trinajstić information content (AvgIpc) is 1.63. The second-order valence-corrected chi connectivity index (χ2v) is 4.21. The Labute approximate surface area is 61.5 Å². The van der Waals surface area contributed by atoms with Gasteiger partial charge in [0, 0.05) is 8.50 Å². The molecule has 0 aliphatic rings. The van der Waals surface area contributed by atoms with Crippen LogP contribution in [0.4, 0.5) is 0 Å². The summed E-state index contributed by atoms with van der Waals surface area (Å²) < 4.78 is 6.17. The number of quaternary nitrogens is 1. The summed E-state index contributed by atoms with van der Waals surface area (Å²) >= 11 is 0. The van der Waals surface area contributed by atoms with E-state index in [0.717, 1.165) is 17.6 Å². The van der Waals surface area contributed by atoms with E-state index in [1.807, 2.05) is 0 Å². The van der Waals surface area contributed by atoms with Gasteiger partial charge in [-0.15, -0.1) is 0 Å². The maximum Gasteiger partial charge on any atom is 0.102 e. The highest BCUT2D eigenvalue weighted by Gasteiger charge is 2.04. The van der Waals surface area contributed by atoms with Crippen LogP contribution in [0.1, 0.15) is 0 Å². The molecule has 0 bridgehead atoms. The molecule has 0 spiro atoms. The van der Waals surface area contributed by atoms with Crippen LogP contribution in [0.3, 0.4) is 0 Å². The quantitative estimate of drug-likeness (QED) is 0.347. The molecule has 0 aliphatic carbocycles. The third kappa shape index (κ3) is 8.78. The average molecular weight is 168 g/mol. The fourth-order valence-corrected chi connectivity index (χ4v) is 0.941. The number of nitrogens with zero attached hydrogens (tertiary/aromatic N) is 1. The predicted molar refractivity (Wildman–Crippen MR) is 46.9 cm³/mol. The Balaban J connectivity index is 3.07. The Hall–Kier alpha value is 0.780. The van der Waals surface area contributed by atoms with Crippen LogP contribution in [-0.4, -0.2) is 38.8 Å². The lowest BCUT2D eigenvalue weighted by molar-refractivity contribution is -0.870. The van der Waals surface area contributed by atoms with Crippen molar-refractivity contribution in [1.82, 2.24) is 0 Å². The summed E-state index contributed by atoms with van der Waals surface area (Å²) in [5, 5.41) is 0. The molecule has 0 aromatic carbocycles. The Morgan fingerprint density at radius 3 is 2.33 bits per heavy atom. The molecule has 0 rings (SSSR count). The first kappa shape index (κ1) is 9.78. The van der Waals surface area contributed by atoms with Crippen molar-refractivity contribution >= 4 is 17.4 Å². The van der Waals surface area contributed by atoms with Crippen molar-refractivity contribution in [2.45, 2.75) is 0 Å². The summed E-state index contributed by atoms with van der Waals surface area (Å²) in [6.07, 6.45) is 0.